The molecule has 7 heteroatoms. The Balaban J connectivity index is 1.56. The molecule has 0 amide bonds. The van der Waals surface area contributed by atoms with E-state index in [-0.39, 0.29) is 16.7 Å². The number of carbonyl (C=O) groups is 1. The Morgan fingerprint density at radius 3 is 2.54 bits per heavy atom. The molecule has 5 aliphatic rings. The summed E-state index contributed by atoms with van der Waals surface area (Å²) in [6, 6.07) is 0. The van der Waals surface area contributed by atoms with Crippen molar-refractivity contribution in [3.63, 3.8) is 0 Å². The summed E-state index contributed by atoms with van der Waals surface area (Å²) >= 11 is 0. The average molecular weight is 571 g/mol. The lowest BCUT2D eigenvalue weighted by Gasteiger charge is -2.52. The predicted octanol–water partition coefficient (Wildman–Crippen LogP) is 4.40. The van der Waals surface area contributed by atoms with Crippen LogP contribution >= 0.6 is 0 Å². The van der Waals surface area contributed by atoms with Crippen molar-refractivity contribution in [1.82, 2.24) is 0 Å². The molecule has 0 radical (unpaired) electrons. The van der Waals surface area contributed by atoms with E-state index in [4.69, 9.17) is 9.47 Å². The van der Waals surface area contributed by atoms with Crippen LogP contribution in [0.3, 0.4) is 0 Å². The summed E-state index contributed by atoms with van der Waals surface area (Å²) in [5.41, 5.74) is 4.86. The van der Waals surface area contributed by atoms with E-state index in [0.29, 0.717) is 42.8 Å². The van der Waals surface area contributed by atoms with Crippen molar-refractivity contribution in [3.05, 3.63) is 46.6 Å². The Morgan fingerprint density at radius 1 is 1.12 bits per heavy atom. The number of aliphatic hydroxyl groups excluding tert-OH is 4. The topological polar surface area (TPSA) is 116 Å². The summed E-state index contributed by atoms with van der Waals surface area (Å²) in [5.74, 6) is 1.96. The van der Waals surface area contributed by atoms with Gasteiger partial charge in [-0.05, 0) is 72.0 Å². The molecule has 0 aromatic rings. The summed E-state index contributed by atoms with van der Waals surface area (Å²) in [6.45, 7) is 13.0. The lowest BCUT2D eigenvalue weighted by Crippen LogP contribution is -2.59. The van der Waals surface area contributed by atoms with Crippen LogP contribution in [-0.2, 0) is 14.3 Å². The van der Waals surface area contributed by atoms with Crippen LogP contribution < -0.4 is 0 Å². The quantitative estimate of drug-likeness (QED) is 0.374. The second kappa shape index (κ2) is 11.5. The van der Waals surface area contributed by atoms with E-state index < -0.39 is 43.4 Å². The van der Waals surface area contributed by atoms with Crippen molar-refractivity contribution in [1.29, 1.82) is 0 Å². The second-order valence-electron chi connectivity index (χ2n) is 14.2. The van der Waals surface area contributed by atoms with Gasteiger partial charge in [0.05, 0.1) is 12.7 Å². The van der Waals surface area contributed by atoms with Gasteiger partial charge in [0, 0.05) is 24.7 Å². The fourth-order valence-electron chi connectivity index (χ4n) is 8.32. The van der Waals surface area contributed by atoms with Gasteiger partial charge in [0.2, 0.25) is 0 Å². The van der Waals surface area contributed by atoms with Gasteiger partial charge in [-0.25, -0.2) is 0 Å². The molecule has 0 aromatic heterocycles. The normalized spacial score (nSPS) is 44.7. The van der Waals surface area contributed by atoms with E-state index in [1.165, 1.54) is 16.7 Å². The number of allylic oxidation sites excluding steroid dienone is 6. The molecule has 228 valence electrons. The average Bonchev–Trinajstić information content (AvgIpc) is 3.23. The Kier molecular flexibility index (Phi) is 8.63. The third-order valence-corrected chi connectivity index (χ3v) is 11.4. The van der Waals surface area contributed by atoms with Crippen molar-refractivity contribution in [2.24, 2.45) is 34.5 Å². The van der Waals surface area contributed by atoms with E-state index in [1.54, 1.807) is 0 Å². The molecule has 0 bridgehead atoms. The third kappa shape index (κ3) is 5.25. The molecular formula is C34H50O7. The monoisotopic (exact) mass is 570 g/mol. The molecule has 1 saturated heterocycles. The molecule has 0 aromatic carbocycles. The van der Waals surface area contributed by atoms with Crippen molar-refractivity contribution in [3.8, 4) is 0 Å². The first-order chi connectivity index (χ1) is 19.3. The Bertz CT molecular complexity index is 1150. The minimum absolute atomic E-state index is 0.0636. The van der Waals surface area contributed by atoms with Crippen molar-refractivity contribution in [2.45, 2.75) is 117 Å². The fraction of sp³-hybridized carbons (Fsp3) is 0.735. The number of rotatable bonds is 6. The van der Waals surface area contributed by atoms with Crippen molar-refractivity contribution in [2.75, 3.05) is 6.61 Å². The Morgan fingerprint density at radius 2 is 1.85 bits per heavy atom. The highest BCUT2D eigenvalue weighted by Gasteiger charge is 2.56. The number of fused-ring (bicyclic) bond motifs is 4. The highest BCUT2D eigenvalue weighted by Crippen LogP contribution is 2.64. The fourth-order valence-corrected chi connectivity index (χ4v) is 8.32. The van der Waals surface area contributed by atoms with Crippen LogP contribution in [-0.4, -0.2) is 69.6 Å². The summed E-state index contributed by atoms with van der Waals surface area (Å²) in [7, 11) is 0. The minimum atomic E-state index is -1.48. The van der Waals surface area contributed by atoms with Crippen LogP contribution in [0.25, 0.3) is 0 Å². The molecule has 5 rings (SSSR count). The zero-order valence-corrected chi connectivity index (χ0v) is 25.5. The first-order valence-corrected chi connectivity index (χ1v) is 15.6. The maximum Gasteiger partial charge on any atom is 0.187 e. The lowest BCUT2D eigenvalue weighted by molar-refractivity contribution is -0.307. The maximum absolute atomic E-state index is 12.3. The molecule has 2 saturated carbocycles. The van der Waals surface area contributed by atoms with E-state index in [0.717, 1.165) is 24.8 Å². The molecule has 8 unspecified atom stereocenters. The number of hydrogen-bond donors (Lipinski definition) is 4. The van der Waals surface area contributed by atoms with E-state index in [1.807, 2.05) is 0 Å². The van der Waals surface area contributed by atoms with Gasteiger partial charge >= 0.3 is 0 Å². The van der Waals surface area contributed by atoms with Gasteiger partial charge in [0.1, 0.15) is 30.2 Å². The molecule has 11 atom stereocenters. The number of carbonyl (C=O) groups excluding carboxylic acids is 1. The molecule has 7 nitrogen and oxygen atoms in total. The van der Waals surface area contributed by atoms with Crippen LogP contribution in [0.5, 0.6) is 0 Å². The molecule has 41 heavy (non-hydrogen) atoms. The van der Waals surface area contributed by atoms with Crippen LogP contribution in [0.15, 0.2) is 46.6 Å². The number of ketones is 1. The number of Topliss-reactive ketones (excluding diaryl/α,β-unsaturated/α-hetero) is 1. The van der Waals surface area contributed by atoms with Crippen LogP contribution in [0, 0.1) is 34.5 Å². The molecule has 1 heterocycles. The number of ether oxygens (including phenoxy) is 2. The number of aliphatic hydroxyl groups is 4. The van der Waals surface area contributed by atoms with Gasteiger partial charge in [-0.1, -0.05) is 64.5 Å². The van der Waals surface area contributed by atoms with Crippen molar-refractivity contribution < 1.29 is 34.7 Å². The van der Waals surface area contributed by atoms with E-state index in [2.05, 4.69) is 65.8 Å². The highest BCUT2D eigenvalue weighted by molar-refractivity contribution is 5.80. The Hall–Kier alpha value is -1.61. The van der Waals surface area contributed by atoms with Gasteiger partial charge in [-0.3, -0.25) is 4.79 Å². The SMILES string of the molecule is CC(/C=C/C(C)C(C)C)=C1\[C@H](OC2OC(CO)C(O)C(O)C2O)CC2=C3C=C[C@H]4CC(=O)CCC4(C)C3CC[C@@]21C. The molecule has 4 N–H and O–H groups in total. The van der Waals surface area contributed by atoms with Gasteiger partial charge in [0.15, 0.2) is 6.29 Å². The first kappa shape index (κ1) is 30.8. The number of hydrogen-bond acceptors (Lipinski definition) is 7. The zero-order valence-electron chi connectivity index (χ0n) is 25.5. The van der Waals surface area contributed by atoms with Crippen molar-refractivity contribution >= 4 is 5.78 Å². The summed E-state index contributed by atoms with van der Waals surface area (Å²) < 4.78 is 12.3. The van der Waals surface area contributed by atoms with Crippen LogP contribution in [0.2, 0.25) is 0 Å². The van der Waals surface area contributed by atoms with Gasteiger partial charge in [-0.15, -0.1) is 0 Å². The third-order valence-electron chi connectivity index (χ3n) is 11.4. The summed E-state index contributed by atoms with van der Waals surface area (Å²) in [5, 5.41) is 41.3. The van der Waals surface area contributed by atoms with Gasteiger partial charge < -0.3 is 29.9 Å². The lowest BCUT2D eigenvalue weighted by atomic mass is 9.51. The molecule has 4 aliphatic carbocycles. The molecule has 0 spiro atoms. The summed E-state index contributed by atoms with van der Waals surface area (Å²) in [4.78, 5) is 12.3. The van der Waals surface area contributed by atoms with Crippen LogP contribution in [0.4, 0.5) is 0 Å². The molecule has 3 fully saturated rings. The molecule has 1 aliphatic heterocycles. The zero-order chi connectivity index (χ0) is 29.9. The van der Waals surface area contributed by atoms with Gasteiger partial charge in [0.25, 0.3) is 0 Å². The van der Waals surface area contributed by atoms with Gasteiger partial charge in [-0.2, -0.15) is 0 Å². The second-order valence-corrected chi connectivity index (χ2v) is 14.2. The van der Waals surface area contributed by atoms with E-state index >= 15 is 0 Å². The predicted molar refractivity (Wildman–Crippen MR) is 157 cm³/mol. The highest BCUT2D eigenvalue weighted by atomic mass is 16.7. The Labute approximate surface area is 245 Å². The molecular weight excluding hydrogens is 520 g/mol. The largest absolute Gasteiger partial charge is 0.394 e. The smallest absolute Gasteiger partial charge is 0.187 e. The maximum atomic E-state index is 12.3. The standard InChI is InChI=1S/C34H50O7/c1-18(2)19(3)7-8-20(4)28-26(40-32-31(39)30(38)29(37)27(17-35)41-32)16-25-23-10-9-21-15-22(36)11-13-33(21,5)24(23)12-14-34(25,28)6/h7-10,18-19,21,24,26-27,29-32,35,37-39H,11-17H2,1-6H3/b8-7+,28-20-/t19?,21-,24?,26+,27?,29?,30?,31?,32?,33?,34-/m0/s1. The first-order valence-electron chi connectivity index (χ1n) is 15.6. The van der Waals surface area contributed by atoms with Crippen LogP contribution in [0.1, 0.15) is 80.1 Å². The minimum Gasteiger partial charge on any atom is -0.394 e. The summed E-state index contributed by atoms with van der Waals surface area (Å²) in [6.07, 6.45) is 6.91. The van der Waals surface area contributed by atoms with E-state index in [9.17, 15) is 25.2 Å².